The SMILES string of the molecule is NC1C=CC=C/C1=C(/N=C/n1c2ccccc2c2c3c4ccccc4c4c5ccccc5n(-c5ccc(-c6ccccc6)cc5)c4c3c3ccccc3c21)c1ccccc1. The first kappa shape index (κ1) is 34.3. The van der Waals surface area contributed by atoms with Crippen LogP contribution in [0.2, 0.25) is 0 Å². The Kier molecular flexibility index (Phi) is 7.80. The third-order valence-electron chi connectivity index (χ3n) is 12.4. The van der Waals surface area contributed by atoms with E-state index < -0.39 is 0 Å². The molecule has 282 valence electrons. The fourth-order valence-corrected chi connectivity index (χ4v) is 9.78. The van der Waals surface area contributed by atoms with Gasteiger partial charge in [0.25, 0.3) is 0 Å². The summed E-state index contributed by atoms with van der Waals surface area (Å²) in [5.74, 6) is 0. The van der Waals surface area contributed by atoms with E-state index in [0.717, 1.165) is 33.6 Å². The van der Waals surface area contributed by atoms with E-state index in [9.17, 15) is 0 Å². The number of fused-ring (bicyclic) bond motifs is 15. The lowest BCUT2D eigenvalue weighted by molar-refractivity contribution is 0.970. The summed E-state index contributed by atoms with van der Waals surface area (Å²) in [5, 5.41) is 12.2. The lowest BCUT2D eigenvalue weighted by atomic mass is 9.90. The third-order valence-corrected chi connectivity index (χ3v) is 12.4. The monoisotopic (exact) mass is 766 g/mol. The zero-order valence-electron chi connectivity index (χ0n) is 32.7. The van der Waals surface area contributed by atoms with E-state index >= 15 is 0 Å². The summed E-state index contributed by atoms with van der Waals surface area (Å²) in [4.78, 5) is 5.37. The second kappa shape index (κ2) is 13.7. The summed E-state index contributed by atoms with van der Waals surface area (Å²) in [5.41, 5.74) is 17.7. The molecule has 2 N–H and O–H groups in total. The van der Waals surface area contributed by atoms with Crippen LogP contribution in [-0.4, -0.2) is 21.5 Å². The van der Waals surface area contributed by atoms with Crippen molar-refractivity contribution >= 4 is 88.0 Å². The molecule has 2 aromatic heterocycles. The minimum atomic E-state index is -0.264. The van der Waals surface area contributed by atoms with Crippen molar-refractivity contribution < 1.29 is 0 Å². The van der Waals surface area contributed by atoms with Gasteiger partial charge in [-0.15, -0.1) is 0 Å². The van der Waals surface area contributed by atoms with Gasteiger partial charge in [-0.25, -0.2) is 4.99 Å². The van der Waals surface area contributed by atoms with Crippen LogP contribution in [0, 0.1) is 0 Å². The van der Waals surface area contributed by atoms with E-state index in [4.69, 9.17) is 10.7 Å². The number of rotatable bonds is 5. The van der Waals surface area contributed by atoms with Gasteiger partial charge in [0.05, 0.1) is 33.8 Å². The quantitative estimate of drug-likeness (QED) is 0.106. The van der Waals surface area contributed by atoms with E-state index in [1.165, 1.54) is 76.0 Å². The van der Waals surface area contributed by atoms with Crippen molar-refractivity contribution in [1.82, 2.24) is 9.13 Å². The first-order valence-electron chi connectivity index (χ1n) is 20.6. The van der Waals surface area contributed by atoms with Crippen LogP contribution < -0.4 is 5.73 Å². The second-order valence-electron chi connectivity index (χ2n) is 15.6. The Labute approximate surface area is 346 Å². The molecule has 0 radical (unpaired) electrons. The van der Waals surface area contributed by atoms with E-state index in [0.29, 0.717) is 0 Å². The van der Waals surface area contributed by atoms with Gasteiger partial charge in [0.15, 0.2) is 0 Å². The molecular formula is C56H38N4. The Hall–Kier alpha value is -7.79. The zero-order valence-corrected chi connectivity index (χ0v) is 32.7. The van der Waals surface area contributed by atoms with E-state index in [-0.39, 0.29) is 6.04 Å². The first-order chi connectivity index (χ1) is 29.7. The highest BCUT2D eigenvalue weighted by atomic mass is 15.0. The van der Waals surface area contributed by atoms with Crippen molar-refractivity contribution in [2.75, 3.05) is 0 Å². The number of para-hydroxylation sites is 2. The van der Waals surface area contributed by atoms with Crippen molar-refractivity contribution in [3.63, 3.8) is 0 Å². The molecule has 11 aromatic rings. The van der Waals surface area contributed by atoms with E-state index in [1.807, 2.05) is 30.6 Å². The van der Waals surface area contributed by atoms with E-state index in [1.54, 1.807) is 0 Å². The van der Waals surface area contributed by atoms with Crippen molar-refractivity contribution in [2.45, 2.75) is 6.04 Å². The molecular weight excluding hydrogens is 729 g/mol. The number of nitrogens with zero attached hydrogens (tertiary/aromatic N) is 3. The molecule has 0 bridgehead atoms. The Morgan fingerprint density at radius 2 is 1.00 bits per heavy atom. The number of hydrogen-bond donors (Lipinski definition) is 1. The van der Waals surface area contributed by atoms with Crippen LogP contribution in [0.25, 0.3) is 98.4 Å². The molecule has 12 rings (SSSR count). The number of aliphatic imine (C=N–C) groups is 1. The fraction of sp³-hybridized carbons (Fsp3) is 0.0179. The predicted molar refractivity (Wildman–Crippen MR) is 255 cm³/mol. The maximum Gasteiger partial charge on any atom is 0.100 e. The summed E-state index contributed by atoms with van der Waals surface area (Å²) in [7, 11) is 0. The van der Waals surface area contributed by atoms with Crippen molar-refractivity contribution in [3.05, 3.63) is 217 Å². The summed E-state index contributed by atoms with van der Waals surface area (Å²) >= 11 is 0. The largest absolute Gasteiger partial charge is 0.321 e. The molecule has 2 heterocycles. The highest BCUT2D eigenvalue weighted by Gasteiger charge is 2.25. The van der Waals surface area contributed by atoms with Crippen LogP contribution in [0.4, 0.5) is 0 Å². The molecule has 0 aliphatic heterocycles. The molecule has 1 unspecified atom stereocenters. The Balaban J connectivity index is 1.24. The molecule has 0 amide bonds. The molecule has 0 saturated heterocycles. The summed E-state index contributed by atoms with van der Waals surface area (Å²) in [6, 6.07) is 65.4. The average molecular weight is 767 g/mol. The molecule has 1 atom stereocenters. The predicted octanol–water partition coefficient (Wildman–Crippen LogP) is 13.8. The second-order valence-corrected chi connectivity index (χ2v) is 15.6. The highest BCUT2D eigenvalue weighted by Crippen LogP contribution is 2.49. The molecule has 0 spiro atoms. The molecule has 1 aliphatic rings. The molecule has 60 heavy (non-hydrogen) atoms. The maximum atomic E-state index is 6.72. The van der Waals surface area contributed by atoms with Gasteiger partial charge in [0.2, 0.25) is 0 Å². The van der Waals surface area contributed by atoms with Crippen LogP contribution in [0.1, 0.15) is 5.56 Å². The van der Waals surface area contributed by atoms with Gasteiger partial charge in [-0.3, -0.25) is 4.57 Å². The standard InChI is InChI=1S/C56H38N4/c57-47-28-14-11-25-44(47)54(38-19-5-2-6-20-38)58-35-59-48-29-15-12-26-45(48)53-51-41-22-8-7-21-40(41)50-46-27-13-16-30-49(46)60(39-33-31-37(32-34-39)36-17-3-1-4-18-36)56(50)52(51)42-23-9-10-24-43(42)55(53)59/h1-35,47H,57H2/b54-44-,58-35+. The maximum absolute atomic E-state index is 6.72. The molecule has 1 aliphatic carbocycles. The van der Waals surface area contributed by atoms with Crippen LogP contribution in [0.3, 0.4) is 0 Å². The van der Waals surface area contributed by atoms with Gasteiger partial charge in [-0.2, -0.15) is 0 Å². The number of allylic oxidation sites excluding steroid dienone is 2. The van der Waals surface area contributed by atoms with Crippen LogP contribution >= 0.6 is 0 Å². The Morgan fingerprint density at radius 1 is 0.467 bits per heavy atom. The average Bonchev–Trinajstić information content (AvgIpc) is 3.84. The van der Waals surface area contributed by atoms with Crippen molar-refractivity contribution in [1.29, 1.82) is 0 Å². The number of hydrogen-bond acceptors (Lipinski definition) is 2. The van der Waals surface area contributed by atoms with Crippen LogP contribution in [-0.2, 0) is 0 Å². The van der Waals surface area contributed by atoms with Gasteiger partial charge in [-0.05, 0) is 57.1 Å². The topological polar surface area (TPSA) is 48.2 Å². The van der Waals surface area contributed by atoms with Gasteiger partial charge in [0, 0.05) is 49.0 Å². The van der Waals surface area contributed by atoms with Crippen LogP contribution in [0.15, 0.2) is 217 Å². The number of nitrogens with two attached hydrogens (primary N) is 1. The minimum absolute atomic E-state index is 0.264. The summed E-state index contributed by atoms with van der Waals surface area (Å²) in [6.07, 6.45) is 10.2. The molecule has 4 nitrogen and oxygen atoms in total. The van der Waals surface area contributed by atoms with Gasteiger partial charge >= 0.3 is 0 Å². The smallest absolute Gasteiger partial charge is 0.100 e. The summed E-state index contributed by atoms with van der Waals surface area (Å²) in [6.45, 7) is 0. The Bertz CT molecular complexity index is 3640. The first-order valence-corrected chi connectivity index (χ1v) is 20.6. The minimum Gasteiger partial charge on any atom is -0.321 e. The molecule has 0 fully saturated rings. The van der Waals surface area contributed by atoms with Gasteiger partial charge in [-0.1, -0.05) is 182 Å². The van der Waals surface area contributed by atoms with Gasteiger partial charge in [0.1, 0.15) is 6.34 Å². The fourth-order valence-electron chi connectivity index (χ4n) is 9.78. The van der Waals surface area contributed by atoms with E-state index in [2.05, 4.69) is 191 Å². The van der Waals surface area contributed by atoms with Crippen LogP contribution in [0.5, 0.6) is 0 Å². The summed E-state index contributed by atoms with van der Waals surface area (Å²) < 4.78 is 4.81. The molecule has 9 aromatic carbocycles. The highest BCUT2D eigenvalue weighted by molar-refractivity contribution is 6.45. The number of aromatic nitrogens is 2. The number of benzene rings is 9. The normalized spacial score (nSPS) is 15.2. The van der Waals surface area contributed by atoms with Gasteiger partial charge < -0.3 is 10.3 Å². The lowest BCUT2D eigenvalue weighted by Crippen LogP contribution is -2.21. The Morgan fingerprint density at radius 3 is 1.70 bits per heavy atom. The zero-order chi connectivity index (χ0) is 39.7. The lowest BCUT2D eigenvalue weighted by Gasteiger charge is -2.17. The molecule has 0 saturated carbocycles. The van der Waals surface area contributed by atoms with Crippen molar-refractivity contribution in [2.24, 2.45) is 10.7 Å². The molecule has 4 heteroatoms. The third kappa shape index (κ3) is 5.11. The van der Waals surface area contributed by atoms with Crippen molar-refractivity contribution in [3.8, 4) is 16.8 Å².